The van der Waals surface area contributed by atoms with Crippen LogP contribution < -0.4 is 20.7 Å². The van der Waals surface area contributed by atoms with Gasteiger partial charge in [-0.05, 0) is 102 Å². The summed E-state index contributed by atoms with van der Waals surface area (Å²) >= 11 is 0. The average Bonchev–Trinajstić information content (AvgIpc) is 3.80. The minimum absolute atomic E-state index is 0.259. The summed E-state index contributed by atoms with van der Waals surface area (Å²) < 4.78 is 16.2. The van der Waals surface area contributed by atoms with Crippen molar-refractivity contribution in [2.75, 3.05) is 37.5 Å². The summed E-state index contributed by atoms with van der Waals surface area (Å²) in [7, 11) is 3.71. The molecule has 13 nitrogen and oxygen atoms in total. The first-order chi connectivity index (χ1) is 25.2. The van der Waals surface area contributed by atoms with E-state index in [1.165, 1.54) is 0 Å². The number of carbonyl (C=O) groups excluding carboxylic acids is 2. The summed E-state index contributed by atoms with van der Waals surface area (Å²) in [5.41, 5.74) is 13.3. The molecule has 0 radical (unpaired) electrons. The number of benzene rings is 2. The lowest BCUT2D eigenvalue weighted by Gasteiger charge is -2.20. The highest BCUT2D eigenvalue weighted by Crippen LogP contribution is 2.30. The van der Waals surface area contributed by atoms with Crippen LogP contribution >= 0.6 is 0 Å². The maximum absolute atomic E-state index is 13.9. The van der Waals surface area contributed by atoms with E-state index in [4.69, 9.17) is 20.2 Å². The third-order valence-corrected chi connectivity index (χ3v) is 9.26. The van der Waals surface area contributed by atoms with E-state index in [-0.39, 0.29) is 11.9 Å². The molecule has 0 saturated heterocycles. The van der Waals surface area contributed by atoms with E-state index in [1.54, 1.807) is 16.5 Å². The number of nitrogens with one attached hydrogen (secondary N) is 1. The first-order valence-corrected chi connectivity index (χ1v) is 18.3. The van der Waals surface area contributed by atoms with Gasteiger partial charge in [0.1, 0.15) is 22.7 Å². The molecule has 0 aliphatic heterocycles. The molecule has 3 heterocycles. The third kappa shape index (κ3) is 8.82. The maximum atomic E-state index is 13.9. The van der Waals surface area contributed by atoms with Crippen molar-refractivity contribution in [3.63, 3.8) is 0 Å². The summed E-state index contributed by atoms with van der Waals surface area (Å²) in [6.07, 6.45) is 5.02. The first-order valence-electron chi connectivity index (χ1n) is 18.3. The normalized spacial score (nSPS) is 11.3. The van der Waals surface area contributed by atoms with Gasteiger partial charge in [0, 0.05) is 38.8 Å². The maximum Gasteiger partial charge on any atom is 0.356 e. The van der Waals surface area contributed by atoms with Crippen molar-refractivity contribution in [1.82, 2.24) is 29.1 Å². The molecule has 278 valence electrons. The number of methoxy groups -OCH3 is 1. The van der Waals surface area contributed by atoms with Crippen molar-refractivity contribution in [3.05, 3.63) is 82.4 Å². The van der Waals surface area contributed by atoms with Crippen LogP contribution in [0.25, 0.3) is 11.0 Å². The summed E-state index contributed by atoms with van der Waals surface area (Å²) in [5, 5.41) is 12.3. The van der Waals surface area contributed by atoms with Gasteiger partial charge in [0.25, 0.3) is 5.91 Å². The monoisotopic (exact) mass is 711 g/mol. The Labute approximate surface area is 306 Å². The van der Waals surface area contributed by atoms with Crippen LogP contribution in [0.15, 0.2) is 48.5 Å². The molecule has 1 amide bonds. The number of para-hydroxylation sites is 1. The Morgan fingerprint density at radius 1 is 0.942 bits per heavy atom. The first kappa shape index (κ1) is 38.1. The second-order valence-electron chi connectivity index (χ2n) is 13.0. The van der Waals surface area contributed by atoms with Crippen LogP contribution in [0.1, 0.15) is 89.4 Å². The molecule has 0 unspecified atom stereocenters. The number of fused-ring (bicyclic) bond motifs is 1. The Kier molecular flexibility index (Phi) is 13.1. The molecule has 0 saturated carbocycles. The molecule has 52 heavy (non-hydrogen) atoms. The average molecular weight is 712 g/mol. The Balaban J connectivity index is 1.29. The van der Waals surface area contributed by atoms with Gasteiger partial charge >= 0.3 is 5.97 Å². The number of aryl methyl sites for hydroxylation is 5. The van der Waals surface area contributed by atoms with Crippen LogP contribution in [0.5, 0.6) is 5.75 Å². The zero-order valence-electron chi connectivity index (χ0n) is 31.4. The summed E-state index contributed by atoms with van der Waals surface area (Å²) in [6.45, 7) is 11.1. The van der Waals surface area contributed by atoms with Gasteiger partial charge in [0.05, 0.1) is 36.3 Å². The summed E-state index contributed by atoms with van der Waals surface area (Å²) in [4.78, 5) is 33.8. The van der Waals surface area contributed by atoms with Gasteiger partial charge in [0.15, 0.2) is 0 Å². The minimum atomic E-state index is -0.327. The van der Waals surface area contributed by atoms with Crippen LogP contribution in [0.3, 0.4) is 0 Å². The van der Waals surface area contributed by atoms with Crippen molar-refractivity contribution in [2.24, 2.45) is 5.73 Å². The predicted molar refractivity (Wildman–Crippen MR) is 204 cm³/mol. The Morgan fingerprint density at radius 3 is 2.42 bits per heavy atom. The highest BCUT2D eigenvalue weighted by Gasteiger charge is 2.23. The van der Waals surface area contributed by atoms with Crippen molar-refractivity contribution < 1.29 is 19.1 Å². The Morgan fingerprint density at radius 2 is 1.71 bits per heavy atom. The SMILES string of the molecule is CCOC(=O)c1c(CCCCCn2nc(C)cc2C(=O)Nc2nc3c(N(C)Cc4ccc(OC)cc4)cccc3n2CCCCN)c(C)nn1CC. The molecule has 0 aliphatic carbocycles. The number of esters is 1. The molecule has 2 aromatic carbocycles. The van der Waals surface area contributed by atoms with Gasteiger partial charge in [-0.1, -0.05) is 24.6 Å². The lowest BCUT2D eigenvalue weighted by Crippen LogP contribution is -2.20. The van der Waals surface area contributed by atoms with E-state index in [0.29, 0.717) is 56.7 Å². The quantitative estimate of drug-likeness (QED) is 0.0745. The highest BCUT2D eigenvalue weighted by atomic mass is 16.5. The van der Waals surface area contributed by atoms with Crippen molar-refractivity contribution in [1.29, 1.82) is 0 Å². The van der Waals surface area contributed by atoms with Crippen LogP contribution in [-0.2, 0) is 37.3 Å². The van der Waals surface area contributed by atoms with Gasteiger partial charge in [-0.15, -0.1) is 0 Å². The number of unbranched alkanes of at least 4 members (excludes halogenated alkanes) is 3. The largest absolute Gasteiger partial charge is 0.497 e. The van der Waals surface area contributed by atoms with Crippen molar-refractivity contribution in [2.45, 2.75) is 92.4 Å². The topological polar surface area (TPSA) is 147 Å². The fourth-order valence-electron chi connectivity index (χ4n) is 6.65. The van der Waals surface area contributed by atoms with E-state index < -0.39 is 0 Å². The standard InChI is InChI=1S/C39H53N9O4/c1-7-47-36(38(50)52-8-2)31(28(4)44-47)15-10-9-12-24-48-34(25-27(3)43-48)37(49)42-39-41-35-32(16-14-17-33(35)46(39)23-13-11-22-40)45(5)26-29-18-20-30(51-6)21-19-29/h14,16-21,25H,7-13,15,22-24,26,40H2,1-6H3,(H,41,42,49). The molecule has 0 aliphatic rings. The number of imidazole rings is 1. The number of aromatic nitrogens is 6. The Hall–Kier alpha value is -5.17. The van der Waals surface area contributed by atoms with Gasteiger partial charge in [-0.3, -0.25) is 19.5 Å². The van der Waals surface area contributed by atoms with Crippen molar-refractivity contribution in [3.8, 4) is 5.75 Å². The fourth-order valence-corrected chi connectivity index (χ4v) is 6.65. The molecule has 5 aromatic rings. The number of hydrogen-bond acceptors (Lipinski definition) is 9. The van der Waals surface area contributed by atoms with Crippen LogP contribution in [0.2, 0.25) is 0 Å². The molecule has 3 N–H and O–H groups in total. The van der Waals surface area contributed by atoms with E-state index in [1.807, 2.05) is 65.1 Å². The van der Waals surface area contributed by atoms with Crippen LogP contribution in [-0.4, -0.2) is 68.3 Å². The number of rotatable bonds is 19. The second-order valence-corrected chi connectivity index (χ2v) is 13.0. The van der Waals surface area contributed by atoms with E-state index in [9.17, 15) is 9.59 Å². The van der Waals surface area contributed by atoms with E-state index in [2.05, 4.69) is 43.2 Å². The molecular formula is C39H53N9O4. The number of carbonyl (C=O) groups is 2. The van der Waals surface area contributed by atoms with Gasteiger partial charge in [-0.2, -0.15) is 10.2 Å². The highest BCUT2D eigenvalue weighted by molar-refractivity contribution is 6.03. The molecule has 0 atom stereocenters. The zero-order valence-corrected chi connectivity index (χ0v) is 31.4. The number of anilines is 2. The molecule has 13 heteroatoms. The molecule has 3 aromatic heterocycles. The zero-order chi connectivity index (χ0) is 37.2. The van der Waals surface area contributed by atoms with Gasteiger partial charge < -0.3 is 24.7 Å². The molecule has 5 rings (SSSR count). The Bertz CT molecular complexity index is 1960. The van der Waals surface area contributed by atoms with Crippen LogP contribution in [0.4, 0.5) is 11.6 Å². The number of nitrogens with two attached hydrogens (primary N) is 1. The second kappa shape index (κ2) is 17.9. The van der Waals surface area contributed by atoms with Crippen molar-refractivity contribution >= 4 is 34.5 Å². The number of hydrogen-bond donors (Lipinski definition) is 2. The number of nitrogens with zero attached hydrogens (tertiary/aromatic N) is 7. The van der Waals surface area contributed by atoms with Gasteiger partial charge in [-0.25, -0.2) is 9.78 Å². The lowest BCUT2D eigenvalue weighted by molar-refractivity contribution is 0.0510. The molecule has 0 fully saturated rings. The van der Waals surface area contributed by atoms with Gasteiger partial charge in [0.2, 0.25) is 5.95 Å². The summed E-state index contributed by atoms with van der Waals surface area (Å²) in [5.74, 6) is 0.727. The molecular weight excluding hydrogens is 658 g/mol. The van der Waals surface area contributed by atoms with E-state index >= 15 is 0 Å². The molecule has 0 spiro atoms. The number of ether oxygens (including phenoxy) is 2. The van der Waals surface area contributed by atoms with E-state index in [0.717, 1.165) is 83.5 Å². The summed E-state index contributed by atoms with van der Waals surface area (Å²) in [6, 6.07) is 16.0. The lowest BCUT2D eigenvalue weighted by atomic mass is 10.0. The minimum Gasteiger partial charge on any atom is -0.497 e. The smallest absolute Gasteiger partial charge is 0.356 e. The predicted octanol–water partition coefficient (Wildman–Crippen LogP) is 6.29. The fraction of sp³-hybridized carbons (Fsp3) is 0.462. The molecule has 0 bridgehead atoms. The third-order valence-electron chi connectivity index (χ3n) is 9.26. The number of amides is 1. The van der Waals surface area contributed by atoms with Crippen LogP contribution in [0, 0.1) is 13.8 Å².